The second-order valence-corrected chi connectivity index (χ2v) is 10.0. The van der Waals surface area contributed by atoms with Crippen LogP contribution in [0.2, 0.25) is 0 Å². The molecular weight excluding hydrogens is 584 g/mol. The summed E-state index contributed by atoms with van der Waals surface area (Å²) in [5.41, 5.74) is 2.96. The van der Waals surface area contributed by atoms with Gasteiger partial charge in [-0.3, -0.25) is 9.36 Å². The average molecular weight is 619 g/mol. The topological polar surface area (TPSA) is 210 Å². The highest BCUT2D eigenvalue weighted by Gasteiger charge is 2.47. The van der Waals surface area contributed by atoms with Crippen LogP contribution in [0.3, 0.4) is 0 Å². The molecule has 0 bridgehead atoms. The van der Waals surface area contributed by atoms with Crippen molar-refractivity contribution in [1.82, 2.24) is 39.7 Å². The van der Waals surface area contributed by atoms with Gasteiger partial charge in [0.2, 0.25) is 11.8 Å². The first-order chi connectivity index (χ1) is 22.0. The zero-order valence-corrected chi connectivity index (χ0v) is 24.4. The van der Waals surface area contributed by atoms with Crippen LogP contribution >= 0.6 is 0 Å². The van der Waals surface area contributed by atoms with Gasteiger partial charge in [-0.1, -0.05) is 60.7 Å². The Kier molecular flexibility index (Phi) is 10.2. The predicted octanol–water partition coefficient (Wildman–Crippen LogP) is 1.14. The van der Waals surface area contributed by atoms with Gasteiger partial charge in [0.1, 0.15) is 18.9 Å². The van der Waals surface area contributed by atoms with Crippen LogP contribution in [0.4, 0.5) is 11.8 Å². The van der Waals surface area contributed by atoms with E-state index < -0.39 is 24.5 Å². The van der Waals surface area contributed by atoms with Gasteiger partial charge in [-0.05, 0) is 29.7 Å². The van der Waals surface area contributed by atoms with Crippen LogP contribution in [0.1, 0.15) is 36.2 Å². The lowest BCUT2D eigenvalue weighted by Gasteiger charge is -2.22. The number of aliphatic hydroxyl groups is 3. The second kappa shape index (κ2) is 14.6. The molecule has 0 radical (unpaired) electrons. The molecule has 4 atom stereocenters. The third-order valence-electron chi connectivity index (χ3n) is 7.20. The van der Waals surface area contributed by atoms with Crippen LogP contribution in [-0.4, -0.2) is 92.1 Å². The number of tetrazole rings is 1. The Hall–Kier alpha value is -5.03. The van der Waals surface area contributed by atoms with E-state index >= 15 is 0 Å². The molecular formula is C29H34N10O6. The summed E-state index contributed by atoms with van der Waals surface area (Å²) in [6.07, 6.45) is -2.52. The molecule has 1 aliphatic rings. The molecule has 16 nitrogen and oxygen atoms in total. The second-order valence-electron chi connectivity index (χ2n) is 10.0. The Morgan fingerprint density at radius 2 is 1.71 bits per heavy atom. The number of rotatable bonds is 11. The largest absolute Gasteiger partial charge is 0.483 e. The number of nitrogens with one attached hydrogen (secondary N) is 1. The smallest absolute Gasteiger partial charge is 0.290 e. The number of aliphatic hydroxyl groups excluding tert-OH is 3. The maximum Gasteiger partial charge on any atom is 0.290 e. The lowest BCUT2D eigenvalue weighted by molar-refractivity contribution is -0.122. The van der Waals surface area contributed by atoms with Crippen LogP contribution in [0.15, 0.2) is 67.0 Å². The van der Waals surface area contributed by atoms with Crippen molar-refractivity contribution in [2.75, 3.05) is 23.5 Å². The molecule has 5 aromatic rings. The third-order valence-corrected chi connectivity index (χ3v) is 7.20. The number of benzene rings is 2. The zero-order chi connectivity index (χ0) is 31.8. The molecule has 236 valence electrons. The molecule has 6 rings (SSSR count). The van der Waals surface area contributed by atoms with Crippen LogP contribution in [0.5, 0.6) is 0 Å². The maximum atomic E-state index is 11.0. The summed E-state index contributed by atoms with van der Waals surface area (Å²) in [7, 11) is 0. The van der Waals surface area contributed by atoms with E-state index in [4.69, 9.17) is 24.6 Å². The summed E-state index contributed by atoms with van der Waals surface area (Å²) in [6, 6.07) is 19.8. The van der Waals surface area contributed by atoms with E-state index in [-0.39, 0.29) is 25.0 Å². The molecule has 0 unspecified atom stereocenters. The van der Waals surface area contributed by atoms with Crippen LogP contribution in [-0.2, 0) is 29.0 Å². The first-order valence-corrected chi connectivity index (χ1v) is 14.3. The van der Waals surface area contributed by atoms with Crippen LogP contribution in [0.25, 0.3) is 11.2 Å². The highest BCUT2D eigenvalue weighted by atomic mass is 16.6. The number of anilines is 2. The van der Waals surface area contributed by atoms with Crippen molar-refractivity contribution in [2.24, 2.45) is 0 Å². The molecule has 0 amide bonds. The molecule has 1 aliphatic heterocycles. The molecule has 3 aromatic heterocycles. The van der Waals surface area contributed by atoms with Gasteiger partial charge >= 0.3 is 0 Å². The van der Waals surface area contributed by atoms with E-state index in [1.54, 1.807) is 9.47 Å². The Balaban J connectivity index is 0.00000128. The summed E-state index contributed by atoms with van der Waals surface area (Å²) in [5.74, 6) is 0.895. The number of imidazole rings is 1. The van der Waals surface area contributed by atoms with Crippen molar-refractivity contribution in [1.29, 1.82) is 0 Å². The monoisotopic (exact) mass is 618 g/mol. The molecule has 0 aliphatic carbocycles. The fourth-order valence-corrected chi connectivity index (χ4v) is 4.89. The number of nitrogens with zero attached hydrogens (tertiary/aromatic N) is 9. The summed E-state index contributed by atoms with van der Waals surface area (Å²) in [4.78, 5) is 25.4. The van der Waals surface area contributed by atoms with Gasteiger partial charge in [0, 0.05) is 13.1 Å². The standard InChI is InChI=1S/C28H32N10O4.CH2O2/c1-2-38-34-25(33-35-38)23-21(40)22(41)27(42-23)37-16-30-20-24(29-15-19-11-7-4-8-12-19)31-28(32-26(20)37)36(17-39)14-13-18-9-5-3-6-10-18;2-1-3/h3-12,16,21-23,27,39-41H,2,13-15,17H2,1H3,(H,29,31,32);1H,(H,2,3)/t21-,22+,23-,27+;/m0./s1. The van der Waals surface area contributed by atoms with Crippen molar-refractivity contribution in [3.05, 3.63) is 83.9 Å². The van der Waals surface area contributed by atoms with Gasteiger partial charge < -0.3 is 35.4 Å². The van der Waals surface area contributed by atoms with Gasteiger partial charge in [0.25, 0.3) is 6.47 Å². The molecule has 16 heteroatoms. The Morgan fingerprint density at radius 3 is 2.36 bits per heavy atom. The predicted molar refractivity (Wildman–Crippen MR) is 161 cm³/mol. The quantitative estimate of drug-likeness (QED) is 0.104. The van der Waals surface area contributed by atoms with Gasteiger partial charge in [-0.25, -0.2) is 4.98 Å². The van der Waals surface area contributed by atoms with Crippen molar-refractivity contribution in [2.45, 2.75) is 51.0 Å². The normalized spacial score (nSPS) is 19.2. The minimum absolute atomic E-state index is 0.170. The molecule has 4 heterocycles. The van der Waals surface area contributed by atoms with Crippen molar-refractivity contribution in [3.63, 3.8) is 0 Å². The molecule has 1 saturated heterocycles. The van der Waals surface area contributed by atoms with Gasteiger partial charge in [-0.2, -0.15) is 14.8 Å². The maximum absolute atomic E-state index is 11.0. The number of carboxylic acid groups (broad SMARTS) is 1. The van der Waals surface area contributed by atoms with Crippen molar-refractivity contribution < 1.29 is 30.0 Å². The molecule has 5 N–H and O–H groups in total. The molecule has 1 fully saturated rings. The Labute approximate surface area is 257 Å². The van der Waals surface area contributed by atoms with E-state index in [2.05, 4.69) is 25.7 Å². The lowest BCUT2D eigenvalue weighted by Crippen LogP contribution is -2.30. The highest BCUT2D eigenvalue weighted by Crippen LogP contribution is 2.39. The fourth-order valence-electron chi connectivity index (χ4n) is 4.89. The zero-order valence-electron chi connectivity index (χ0n) is 24.4. The molecule has 45 heavy (non-hydrogen) atoms. The molecule has 0 saturated carbocycles. The van der Waals surface area contributed by atoms with Crippen LogP contribution < -0.4 is 10.2 Å². The van der Waals surface area contributed by atoms with E-state index in [1.807, 2.05) is 67.6 Å². The molecule has 2 aromatic carbocycles. The summed E-state index contributed by atoms with van der Waals surface area (Å²) < 4.78 is 7.64. The van der Waals surface area contributed by atoms with Crippen LogP contribution in [0, 0.1) is 0 Å². The van der Waals surface area contributed by atoms with Crippen molar-refractivity contribution >= 4 is 29.4 Å². The number of fused-ring (bicyclic) bond motifs is 1. The number of aryl methyl sites for hydroxylation is 1. The summed E-state index contributed by atoms with van der Waals surface area (Å²) >= 11 is 0. The van der Waals surface area contributed by atoms with Gasteiger partial charge in [0.05, 0.1) is 12.9 Å². The lowest BCUT2D eigenvalue weighted by atomic mass is 10.1. The van der Waals surface area contributed by atoms with E-state index in [9.17, 15) is 15.3 Å². The van der Waals surface area contributed by atoms with Crippen molar-refractivity contribution in [3.8, 4) is 0 Å². The number of hydrogen-bond donors (Lipinski definition) is 5. The minimum Gasteiger partial charge on any atom is -0.483 e. The van der Waals surface area contributed by atoms with E-state index in [1.165, 1.54) is 11.1 Å². The summed E-state index contributed by atoms with van der Waals surface area (Å²) in [5, 5.41) is 54.6. The molecule has 0 spiro atoms. The average Bonchev–Trinajstić information content (AvgIpc) is 3.79. The van der Waals surface area contributed by atoms with Gasteiger partial charge in [0.15, 0.2) is 29.3 Å². The number of hydrogen-bond acceptors (Lipinski definition) is 13. The SMILES string of the molecule is CCn1nnc([C@H]2O[C@@H](n3cnc4c(NCc5ccccc5)nc(N(CO)CCc5ccccc5)nc43)[C@H](O)[C@@H]2O)n1.O=CO. The fraction of sp³-hybridized carbons (Fsp3) is 0.345. The van der Waals surface area contributed by atoms with E-state index in [0.29, 0.717) is 43.0 Å². The third kappa shape index (κ3) is 7.04. The Morgan fingerprint density at radius 1 is 1.02 bits per heavy atom. The van der Waals surface area contributed by atoms with E-state index in [0.717, 1.165) is 11.1 Å². The number of aromatic nitrogens is 8. The Bertz CT molecular complexity index is 1670. The van der Waals surface area contributed by atoms with Gasteiger partial charge in [-0.15, -0.1) is 10.2 Å². The highest BCUT2D eigenvalue weighted by molar-refractivity contribution is 5.84. The first kappa shape index (κ1) is 31.4. The number of carbonyl (C=O) groups is 1. The summed E-state index contributed by atoms with van der Waals surface area (Å²) in [6.45, 7) is 2.73. The minimum atomic E-state index is -1.33. The first-order valence-electron chi connectivity index (χ1n) is 14.3. The number of ether oxygens (including phenoxy) is 1.